The second-order valence-electron chi connectivity index (χ2n) is 9.35. The summed E-state index contributed by atoms with van der Waals surface area (Å²) >= 11 is 0. The number of non-ortho nitro benzene ring substituents is 1. The molecule has 0 aromatic heterocycles. The number of carbonyl (C=O) groups is 4. The highest BCUT2D eigenvalue weighted by Gasteiger charge is 2.47. The third kappa shape index (κ3) is 13.1. The van der Waals surface area contributed by atoms with Crippen LogP contribution in [-0.2, 0) is 25.6 Å². The Bertz CT molecular complexity index is 1270. The molecule has 0 aliphatic heterocycles. The van der Waals surface area contributed by atoms with E-state index in [1.165, 1.54) is 5.32 Å². The van der Waals surface area contributed by atoms with Crippen LogP contribution in [0.1, 0.15) is 5.56 Å². The molecule has 2 N–H and O–H groups in total. The van der Waals surface area contributed by atoms with Gasteiger partial charge in [0.15, 0.2) is 0 Å². The van der Waals surface area contributed by atoms with Crippen LogP contribution >= 0.6 is 0 Å². The summed E-state index contributed by atoms with van der Waals surface area (Å²) in [7, 11) is 0. The van der Waals surface area contributed by atoms with Crippen molar-refractivity contribution in [3.05, 3.63) is 39.9 Å². The fourth-order valence-electron chi connectivity index (χ4n) is 3.78. The Labute approximate surface area is 255 Å². The number of nitro benzene ring substituents is 1. The summed E-state index contributed by atoms with van der Waals surface area (Å²) in [5.74, 6) is -11.1. The molecular weight excluding hydrogens is 686 g/mol. The van der Waals surface area contributed by atoms with Crippen LogP contribution in [0.3, 0.4) is 0 Å². The lowest BCUT2D eigenvalue weighted by molar-refractivity contribution is -0.384. The van der Waals surface area contributed by atoms with E-state index in [0.29, 0.717) is 0 Å². The molecule has 1 aromatic carbocycles. The Morgan fingerprint density at radius 2 is 1.06 bits per heavy atom. The number of alkyl halides is 12. The summed E-state index contributed by atoms with van der Waals surface area (Å²) in [5, 5.41) is 21.0. The number of benzene rings is 1. The fraction of sp³-hybridized carbons (Fsp3) is 0.565. The van der Waals surface area contributed by atoms with E-state index in [0.717, 1.165) is 24.3 Å². The van der Waals surface area contributed by atoms with Gasteiger partial charge in [0.25, 0.3) is 5.69 Å². The number of nitro groups is 1. The van der Waals surface area contributed by atoms with Gasteiger partial charge in [0.1, 0.15) is 0 Å². The van der Waals surface area contributed by atoms with Crippen molar-refractivity contribution in [1.82, 2.24) is 20.0 Å². The van der Waals surface area contributed by atoms with Crippen molar-refractivity contribution in [2.24, 2.45) is 0 Å². The standard InChI is InChI=1S/C23H23F12N5O7/c24-20(25,26)16(42)36-14(11-13-1-3-15(4-2-13)40(46)47)12-39(19(45)23(33,34)35)8-7-37(17(43)21(27,28)29)5-6-38(9-10-41)18(44)22(30,31)32/h1-4,14,41H,5-12H2,(H,36,42). The van der Waals surface area contributed by atoms with Crippen LogP contribution in [-0.4, -0.2) is 125 Å². The second-order valence-corrected chi connectivity index (χ2v) is 9.35. The lowest BCUT2D eigenvalue weighted by Crippen LogP contribution is -2.55. The van der Waals surface area contributed by atoms with Crippen LogP contribution in [0.25, 0.3) is 0 Å². The summed E-state index contributed by atoms with van der Waals surface area (Å²) in [6, 6.07) is 1.45. The first-order valence-electron chi connectivity index (χ1n) is 12.6. The highest BCUT2D eigenvalue weighted by molar-refractivity contribution is 5.84. The van der Waals surface area contributed by atoms with E-state index in [9.17, 15) is 82.0 Å². The van der Waals surface area contributed by atoms with Crippen molar-refractivity contribution in [2.45, 2.75) is 37.2 Å². The molecule has 0 spiro atoms. The van der Waals surface area contributed by atoms with Crippen molar-refractivity contribution >= 4 is 29.3 Å². The van der Waals surface area contributed by atoms with Gasteiger partial charge in [-0.15, -0.1) is 0 Å². The van der Waals surface area contributed by atoms with Crippen LogP contribution in [0, 0.1) is 10.1 Å². The minimum atomic E-state index is -5.83. The first kappa shape index (κ1) is 40.6. The second kappa shape index (κ2) is 15.9. The molecule has 1 rings (SSSR count). The zero-order valence-corrected chi connectivity index (χ0v) is 23.3. The van der Waals surface area contributed by atoms with E-state index in [4.69, 9.17) is 5.11 Å². The van der Waals surface area contributed by atoms with Crippen molar-refractivity contribution < 1.29 is 81.9 Å². The van der Waals surface area contributed by atoms with Crippen molar-refractivity contribution in [3.63, 3.8) is 0 Å². The number of nitrogens with one attached hydrogen (secondary N) is 1. The number of aliphatic hydroxyl groups is 1. The van der Waals surface area contributed by atoms with Crippen LogP contribution in [0.15, 0.2) is 24.3 Å². The highest BCUT2D eigenvalue weighted by Crippen LogP contribution is 2.23. The van der Waals surface area contributed by atoms with Gasteiger partial charge in [-0.2, -0.15) is 52.7 Å². The summed E-state index contributed by atoms with van der Waals surface area (Å²) < 4.78 is 157. The molecule has 47 heavy (non-hydrogen) atoms. The molecular formula is C23H23F12N5O7. The number of carbonyl (C=O) groups excluding carboxylic acids is 4. The maximum Gasteiger partial charge on any atom is 0.471 e. The van der Waals surface area contributed by atoms with Crippen LogP contribution in [0.4, 0.5) is 58.4 Å². The van der Waals surface area contributed by atoms with E-state index >= 15 is 0 Å². The molecule has 0 saturated carbocycles. The first-order valence-corrected chi connectivity index (χ1v) is 12.6. The van der Waals surface area contributed by atoms with Gasteiger partial charge in [-0.3, -0.25) is 29.3 Å². The molecule has 0 bridgehead atoms. The molecule has 4 amide bonds. The number of hydrogen-bond donors (Lipinski definition) is 2. The van der Waals surface area contributed by atoms with E-state index in [-0.39, 0.29) is 20.3 Å². The van der Waals surface area contributed by atoms with Gasteiger partial charge in [-0.1, -0.05) is 12.1 Å². The average molecular weight is 709 g/mol. The number of nitrogens with zero attached hydrogens (tertiary/aromatic N) is 4. The third-order valence-electron chi connectivity index (χ3n) is 5.90. The number of aliphatic hydroxyl groups excluding tert-OH is 1. The van der Waals surface area contributed by atoms with Crippen LogP contribution in [0.2, 0.25) is 0 Å². The first-order chi connectivity index (χ1) is 21.3. The van der Waals surface area contributed by atoms with Crippen molar-refractivity contribution in [1.29, 1.82) is 0 Å². The monoisotopic (exact) mass is 709 g/mol. The topological polar surface area (TPSA) is 153 Å². The van der Waals surface area contributed by atoms with Gasteiger partial charge in [-0.05, 0) is 12.0 Å². The molecule has 0 fully saturated rings. The molecule has 0 saturated heterocycles. The van der Waals surface area contributed by atoms with Gasteiger partial charge in [-0.25, -0.2) is 0 Å². The maximum absolute atomic E-state index is 13.4. The van der Waals surface area contributed by atoms with Gasteiger partial charge >= 0.3 is 48.3 Å². The van der Waals surface area contributed by atoms with Gasteiger partial charge in [0.05, 0.1) is 17.6 Å². The van der Waals surface area contributed by atoms with Gasteiger partial charge in [0, 0.05) is 51.4 Å². The molecule has 1 unspecified atom stereocenters. The summed E-state index contributed by atoms with van der Waals surface area (Å²) in [5.41, 5.74) is -0.655. The summed E-state index contributed by atoms with van der Waals surface area (Å²) in [4.78, 5) is 56.2. The Morgan fingerprint density at radius 3 is 1.43 bits per heavy atom. The SMILES string of the molecule is O=C(NC(Cc1ccc([N+](=O)[O-])cc1)CN(CCN(CCN(CCO)C(=O)C(F)(F)F)C(=O)C(F)(F)F)C(=O)C(F)(F)F)C(F)(F)F. The highest BCUT2D eigenvalue weighted by atomic mass is 19.4. The third-order valence-corrected chi connectivity index (χ3v) is 5.90. The van der Waals surface area contributed by atoms with Crippen LogP contribution in [0.5, 0.6) is 0 Å². The Kier molecular flexibility index (Phi) is 13.8. The number of halogens is 12. The quantitative estimate of drug-likeness (QED) is 0.171. The molecule has 0 heterocycles. The van der Waals surface area contributed by atoms with E-state index < -0.39 is 117 Å². The molecule has 0 aliphatic rings. The number of hydrogen-bond acceptors (Lipinski definition) is 7. The fourth-order valence-corrected chi connectivity index (χ4v) is 3.78. The summed E-state index contributed by atoms with van der Waals surface area (Å²) in [6.07, 6.45) is -23.7. The lowest BCUT2D eigenvalue weighted by atomic mass is 10.0. The van der Waals surface area contributed by atoms with E-state index in [1.807, 2.05) is 0 Å². The van der Waals surface area contributed by atoms with Crippen molar-refractivity contribution in [2.75, 3.05) is 45.9 Å². The zero-order valence-electron chi connectivity index (χ0n) is 23.3. The number of rotatable bonds is 14. The van der Waals surface area contributed by atoms with Crippen molar-refractivity contribution in [3.8, 4) is 0 Å². The molecule has 24 heteroatoms. The molecule has 266 valence electrons. The normalized spacial score (nSPS) is 13.0. The molecule has 0 aliphatic carbocycles. The molecule has 1 aromatic rings. The smallest absolute Gasteiger partial charge is 0.395 e. The van der Waals surface area contributed by atoms with Gasteiger partial charge in [0.2, 0.25) is 0 Å². The molecule has 12 nitrogen and oxygen atoms in total. The van der Waals surface area contributed by atoms with Crippen LogP contribution < -0.4 is 5.32 Å². The minimum Gasteiger partial charge on any atom is -0.395 e. The minimum absolute atomic E-state index is 0.130. The predicted octanol–water partition coefficient (Wildman–Crippen LogP) is 2.35. The lowest BCUT2D eigenvalue weighted by Gasteiger charge is -2.33. The average Bonchev–Trinajstić information content (AvgIpc) is 2.92. The zero-order chi connectivity index (χ0) is 36.5. The summed E-state index contributed by atoms with van der Waals surface area (Å²) in [6.45, 7) is -9.62. The largest absolute Gasteiger partial charge is 0.471 e. The maximum atomic E-state index is 13.4. The Hall–Kier alpha value is -4.38. The van der Waals surface area contributed by atoms with Gasteiger partial charge < -0.3 is 25.1 Å². The van der Waals surface area contributed by atoms with E-state index in [2.05, 4.69) is 0 Å². The Morgan fingerprint density at radius 1 is 0.681 bits per heavy atom. The molecule has 0 radical (unpaired) electrons. The Balaban J connectivity index is 3.43. The molecule has 1 atom stereocenters. The van der Waals surface area contributed by atoms with E-state index in [1.54, 1.807) is 0 Å². The predicted molar refractivity (Wildman–Crippen MR) is 130 cm³/mol. The number of amides is 4.